The van der Waals surface area contributed by atoms with E-state index in [9.17, 15) is 9.59 Å². The first kappa shape index (κ1) is 14.7. The maximum Gasteiger partial charge on any atom is 0.372 e. The molecule has 0 spiro atoms. The second-order valence-corrected chi connectivity index (χ2v) is 5.40. The lowest BCUT2D eigenvalue weighted by Crippen LogP contribution is -2.42. The number of aromatic nitrogens is 4. The van der Waals surface area contributed by atoms with Gasteiger partial charge in [0.15, 0.2) is 0 Å². The first-order valence-corrected chi connectivity index (χ1v) is 7.43. The van der Waals surface area contributed by atoms with Crippen LogP contribution in [0.15, 0.2) is 4.79 Å². The van der Waals surface area contributed by atoms with Gasteiger partial charge in [0.1, 0.15) is 0 Å². The van der Waals surface area contributed by atoms with Crippen LogP contribution in [-0.4, -0.2) is 43.8 Å². The van der Waals surface area contributed by atoms with Crippen LogP contribution in [0.2, 0.25) is 0 Å². The first-order chi connectivity index (χ1) is 9.60. The van der Waals surface area contributed by atoms with Crippen LogP contribution in [0.1, 0.15) is 52.5 Å². The van der Waals surface area contributed by atoms with Gasteiger partial charge in [-0.2, -0.15) is 4.68 Å². The second-order valence-electron chi connectivity index (χ2n) is 5.40. The number of carbonyl (C=O) groups is 1. The fourth-order valence-electron chi connectivity index (χ4n) is 2.87. The molecule has 20 heavy (non-hydrogen) atoms. The zero-order chi connectivity index (χ0) is 14.7. The van der Waals surface area contributed by atoms with E-state index in [2.05, 4.69) is 17.4 Å². The lowest BCUT2D eigenvalue weighted by molar-refractivity contribution is 0.199. The Morgan fingerprint density at radius 2 is 1.90 bits per heavy atom. The third kappa shape index (κ3) is 2.62. The number of hydrogen-bond donors (Lipinski definition) is 0. The molecule has 0 radical (unpaired) electrons. The average Bonchev–Trinajstić information content (AvgIpc) is 2.82. The third-order valence-electron chi connectivity index (χ3n) is 4.20. The molecule has 0 N–H and O–H groups in total. The van der Waals surface area contributed by atoms with E-state index in [0.717, 1.165) is 23.9 Å². The summed E-state index contributed by atoms with van der Waals surface area (Å²) in [5, 5.41) is 7.70. The van der Waals surface area contributed by atoms with Crippen molar-refractivity contribution in [2.75, 3.05) is 13.1 Å². The molecule has 0 bridgehead atoms. The van der Waals surface area contributed by atoms with Crippen LogP contribution < -0.4 is 5.69 Å². The van der Waals surface area contributed by atoms with Gasteiger partial charge in [0.25, 0.3) is 0 Å². The minimum absolute atomic E-state index is 0.0644. The van der Waals surface area contributed by atoms with Gasteiger partial charge in [-0.05, 0) is 43.0 Å². The van der Waals surface area contributed by atoms with Gasteiger partial charge in [0, 0.05) is 13.1 Å². The van der Waals surface area contributed by atoms with Crippen LogP contribution in [-0.2, 0) is 0 Å². The fraction of sp³-hybridized carbons (Fsp3) is 0.846. The lowest BCUT2D eigenvalue weighted by Gasteiger charge is -2.27. The highest BCUT2D eigenvalue weighted by Gasteiger charge is 2.28. The predicted octanol–water partition coefficient (Wildman–Crippen LogP) is 1.50. The molecule has 112 valence electrons. The molecule has 2 atom stereocenters. The van der Waals surface area contributed by atoms with E-state index >= 15 is 0 Å². The molecule has 1 aliphatic rings. The zero-order valence-electron chi connectivity index (χ0n) is 12.4. The Morgan fingerprint density at radius 1 is 1.25 bits per heavy atom. The molecular weight excluding hydrogens is 258 g/mol. The van der Waals surface area contributed by atoms with Crippen molar-refractivity contribution in [3.63, 3.8) is 0 Å². The van der Waals surface area contributed by atoms with Crippen LogP contribution in [0, 0.1) is 5.92 Å². The summed E-state index contributed by atoms with van der Waals surface area (Å²) < 4.78 is 2.28. The Bertz CT molecular complexity index is 517. The number of rotatable bonds is 3. The molecule has 2 rings (SSSR count). The van der Waals surface area contributed by atoms with Gasteiger partial charge in [-0.1, -0.05) is 19.8 Å². The molecule has 1 aromatic heterocycles. The Labute approximate surface area is 118 Å². The topological polar surface area (TPSA) is 73.0 Å². The van der Waals surface area contributed by atoms with Gasteiger partial charge in [0.2, 0.25) is 0 Å². The van der Waals surface area contributed by atoms with Gasteiger partial charge < -0.3 is 4.90 Å². The Balaban J connectivity index is 2.27. The van der Waals surface area contributed by atoms with Crippen LogP contribution in [0.4, 0.5) is 4.79 Å². The number of tetrazole rings is 1. The molecule has 7 nitrogen and oxygen atoms in total. The van der Waals surface area contributed by atoms with Gasteiger partial charge in [-0.15, -0.1) is 4.68 Å². The minimum Gasteiger partial charge on any atom is -0.323 e. The van der Waals surface area contributed by atoms with Crippen molar-refractivity contribution in [3.8, 4) is 0 Å². The van der Waals surface area contributed by atoms with Crippen LogP contribution in [0.25, 0.3) is 0 Å². The quantitative estimate of drug-likeness (QED) is 0.787. The van der Waals surface area contributed by atoms with Crippen molar-refractivity contribution in [1.29, 1.82) is 0 Å². The number of carbonyl (C=O) groups excluding carboxylic acids is 1. The third-order valence-corrected chi connectivity index (χ3v) is 4.20. The summed E-state index contributed by atoms with van der Waals surface area (Å²) in [6, 6.07) is -0.329. The SMILES string of the molecule is CCN(CC)C(=O)n1nnn(C2CCCCC2C)c1=O. The molecule has 1 saturated carbocycles. The molecule has 1 aliphatic carbocycles. The lowest BCUT2D eigenvalue weighted by atomic mass is 9.86. The normalized spacial score (nSPS) is 22.8. The van der Waals surface area contributed by atoms with Crippen LogP contribution in [0.3, 0.4) is 0 Å². The molecule has 2 unspecified atom stereocenters. The van der Waals surface area contributed by atoms with E-state index in [0.29, 0.717) is 19.0 Å². The summed E-state index contributed by atoms with van der Waals surface area (Å²) >= 11 is 0. The van der Waals surface area contributed by atoms with E-state index in [1.807, 2.05) is 13.8 Å². The monoisotopic (exact) mass is 281 g/mol. The summed E-state index contributed by atoms with van der Waals surface area (Å²) in [4.78, 5) is 26.1. The smallest absolute Gasteiger partial charge is 0.323 e. The summed E-state index contributed by atoms with van der Waals surface area (Å²) in [7, 11) is 0. The van der Waals surface area contributed by atoms with E-state index in [1.165, 1.54) is 11.1 Å². The van der Waals surface area contributed by atoms with E-state index < -0.39 is 11.7 Å². The van der Waals surface area contributed by atoms with Gasteiger partial charge in [0.05, 0.1) is 6.04 Å². The van der Waals surface area contributed by atoms with Gasteiger partial charge >= 0.3 is 11.7 Å². The van der Waals surface area contributed by atoms with E-state index in [1.54, 1.807) is 4.90 Å². The highest BCUT2D eigenvalue weighted by molar-refractivity contribution is 5.75. The van der Waals surface area contributed by atoms with Crippen molar-refractivity contribution in [3.05, 3.63) is 10.5 Å². The summed E-state index contributed by atoms with van der Waals surface area (Å²) in [6.45, 7) is 6.98. The molecule has 1 heterocycles. The van der Waals surface area contributed by atoms with Crippen molar-refractivity contribution in [1.82, 2.24) is 24.7 Å². The Morgan fingerprint density at radius 3 is 2.50 bits per heavy atom. The Hall–Kier alpha value is -1.66. The number of hydrogen-bond acceptors (Lipinski definition) is 4. The average molecular weight is 281 g/mol. The molecule has 1 aromatic rings. The molecule has 7 heteroatoms. The molecular formula is C13H23N5O2. The van der Waals surface area contributed by atoms with Crippen molar-refractivity contribution < 1.29 is 4.79 Å². The fourth-order valence-corrected chi connectivity index (χ4v) is 2.87. The molecule has 1 fully saturated rings. The van der Waals surface area contributed by atoms with Crippen LogP contribution in [0.5, 0.6) is 0 Å². The maximum atomic E-state index is 12.3. The zero-order valence-corrected chi connectivity index (χ0v) is 12.4. The predicted molar refractivity (Wildman–Crippen MR) is 74.7 cm³/mol. The molecule has 1 amide bonds. The van der Waals surface area contributed by atoms with E-state index in [4.69, 9.17) is 0 Å². The summed E-state index contributed by atoms with van der Waals surface area (Å²) in [6.07, 6.45) is 4.31. The maximum absolute atomic E-state index is 12.3. The summed E-state index contributed by atoms with van der Waals surface area (Å²) in [5.41, 5.74) is -0.416. The largest absolute Gasteiger partial charge is 0.372 e. The number of nitrogens with zero attached hydrogens (tertiary/aromatic N) is 5. The van der Waals surface area contributed by atoms with Crippen molar-refractivity contribution >= 4 is 6.03 Å². The Kier molecular flexibility index (Phi) is 4.57. The first-order valence-electron chi connectivity index (χ1n) is 7.43. The van der Waals surface area contributed by atoms with Gasteiger partial charge in [-0.3, -0.25) is 0 Å². The molecule has 0 saturated heterocycles. The molecule has 0 aromatic carbocycles. The minimum atomic E-state index is -0.416. The second kappa shape index (κ2) is 6.19. The van der Waals surface area contributed by atoms with Crippen molar-refractivity contribution in [2.45, 2.75) is 52.5 Å². The summed E-state index contributed by atoms with van der Waals surface area (Å²) in [5.74, 6) is 0.398. The number of amides is 1. The highest BCUT2D eigenvalue weighted by atomic mass is 16.2. The standard InChI is InChI=1S/C13H23N5O2/c1-4-16(5-2)12(19)18-13(20)17(14-15-18)11-9-7-6-8-10(11)3/h10-11H,4-9H2,1-3H3. The van der Waals surface area contributed by atoms with Crippen molar-refractivity contribution in [2.24, 2.45) is 5.92 Å². The van der Waals surface area contributed by atoms with Crippen LogP contribution >= 0.6 is 0 Å². The molecule has 0 aliphatic heterocycles. The van der Waals surface area contributed by atoms with E-state index in [-0.39, 0.29) is 6.04 Å². The van der Waals surface area contributed by atoms with Gasteiger partial charge in [-0.25, -0.2) is 9.59 Å². The highest BCUT2D eigenvalue weighted by Crippen LogP contribution is 2.31.